The molecule has 4 heteroatoms. The number of benzene rings is 2. The summed E-state index contributed by atoms with van der Waals surface area (Å²) in [6.07, 6.45) is 0.201. The van der Waals surface area contributed by atoms with E-state index in [-0.39, 0.29) is 11.9 Å². The molecule has 0 amide bonds. The zero-order valence-corrected chi connectivity index (χ0v) is 13.4. The average molecular weight is 359 g/mol. The normalized spacial score (nSPS) is 17.6. The summed E-state index contributed by atoms with van der Waals surface area (Å²) in [6.45, 7) is 0. The zero-order valence-electron chi connectivity index (χ0n) is 11.0. The number of ketones is 1. The maximum atomic E-state index is 12.4. The molecule has 1 aromatic heterocycles. The minimum Gasteiger partial charge on any atom is -0.484 e. The second-order valence-electron chi connectivity index (χ2n) is 5.06. The molecule has 0 spiro atoms. The molecule has 2 heterocycles. The summed E-state index contributed by atoms with van der Waals surface area (Å²) in [5, 5.41) is 3.28. The number of carbonyl (C=O) groups is 1. The molecule has 1 aliphatic rings. The molecule has 0 saturated carbocycles. The van der Waals surface area contributed by atoms with E-state index in [1.54, 1.807) is 11.3 Å². The molecular weight excluding hydrogens is 348 g/mol. The number of halogens is 1. The fraction of sp³-hybridized carbons (Fsp3) is 0.118. The van der Waals surface area contributed by atoms with E-state index in [1.807, 2.05) is 30.3 Å². The van der Waals surface area contributed by atoms with Crippen molar-refractivity contribution in [1.82, 2.24) is 0 Å². The number of Topliss-reactive ketones (excluding diaryl/α,β-unsaturated/α-hetero) is 1. The van der Waals surface area contributed by atoms with Gasteiger partial charge in [0.25, 0.3) is 0 Å². The van der Waals surface area contributed by atoms with Crippen molar-refractivity contribution < 1.29 is 9.53 Å². The lowest BCUT2D eigenvalue weighted by Crippen LogP contribution is -2.20. The number of ether oxygens (including phenoxy) is 1. The topological polar surface area (TPSA) is 26.3 Å². The summed E-state index contributed by atoms with van der Waals surface area (Å²) in [5.41, 5.74) is 1.78. The number of thiophene rings is 1. The molecule has 0 N–H and O–H groups in total. The number of hydrogen-bond donors (Lipinski definition) is 0. The van der Waals surface area contributed by atoms with Crippen LogP contribution in [0.25, 0.3) is 10.1 Å². The molecule has 104 valence electrons. The van der Waals surface area contributed by atoms with Gasteiger partial charge in [-0.3, -0.25) is 4.79 Å². The Morgan fingerprint density at radius 3 is 2.95 bits per heavy atom. The first-order valence-corrected chi connectivity index (χ1v) is 8.35. The van der Waals surface area contributed by atoms with Gasteiger partial charge in [0, 0.05) is 14.7 Å². The SMILES string of the molecule is O=C1CC(c2csc3ccccc23)Oc2ccc(Br)cc21. The fourth-order valence-corrected chi connectivity index (χ4v) is 4.08. The molecule has 1 unspecified atom stereocenters. The quantitative estimate of drug-likeness (QED) is 0.584. The molecular formula is C17H11BrO2S. The lowest BCUT2D eigenvalue weighted by Gasteiger charge is -2.25. The van der Waals surface area contributed by atoms with E-state index >= 15 is 0 Å². The van der Waals surface area contributed by atoms with Crippen LogP contribution in [0.1, 0.15) is 28.4 Å². The minimum absolute atomic E-state index is 0.137. The Balaban J connectivity index is 1.78. The van der Waals surface area contributed by atoms with E-state index in [9.17, 15) is 4.79 Å². The third kappa shape index (κ3) is 2.19. The van der Waals surface area contributed by atoms with E-state index in [2.05, 4.69) is 33.4 Å². The smallest absolute Gasteiger partial charge is 0.170 e. The van der Waals surface area contributed by atoms with Crippen molar-refractivity contribution in [3.05, 3.63) is 63.4 Å². The Bertz CT molecular complexity index is 853. The molecule has 3 aromatic rings. The maximum Gasteiger partial charge on any atom is 0.170 e. The van der Waals surface area contributed by atoms with Crippen molar-refractivity contribution in [2.75, 3.05) is 0 Å². The summed E-state index contributed by atoms with van der Waals surface area (Å²) in [4.78, 5) is 12.4. The highest BCUT2D eigenvalue weighted by Gasteiger charge is 2.29. The van der Waals surface area contributed by atoms with Gasteiger partial charge in [-0.25, -0.2) is 0 Å². The number of hydrogen-bond acceptors (Lipinski definition) is 3. The Morgan fingerprint density at radius 1 is 1.19 bits per heavy atom. The van der Waals surface area contributed by atoms with E-state index in [0.717, 1.165) is 10.0 Å². The van der Waals surface area contributed by atoms with Crippen LogP contribution >= 0.6 is 27.3 Å². The van der Waals surface area contributed by atoms with Gasteiger partial charge in [-0.05, 0) is 35.0 Å². The molecule has 2 aromatic carbocycles. The molecule has 21 heavy (non-hydrogen) atoms. The summed E-state index contributed by atoms with van der Waals surface area (Å²) in [7, 11) is 0. The molecule has 0 radical (unpaired) electrons. The number of fused-ring (bicyclic) bond motifs is 2. The van der Waals surface area contributed by atoms with Crippen LogP contribution in [0, 0.1) is 0 Å². The monoisotopic (exact) mass is 358 g/mol. The van der Waals surface area contributed by atoms with Crippen LogP contribution in [-0.2, 0) is 0 Å². The molecule has 1 atom stereocenters. The minimum atomic E-state index is -0.192. The van der Waals surface area contributed by atoms with Crippen LogP contribution in [0.15, 0.2) is 52.3 Å². The van der Waals surface area contributed by atoms with E-state index in [0.29, 0.717) is 17.7 Å². The Morgan fingerprint density at radius 2 is 2.05 bits per heavy atom. The third-order valence-electron chi connectivity index (χ3n) is 3.74. The molecule has 1 aliphatic heterocycles. The van der Waals surface area contributed by atoms with E-state index in [1.165, 1.54) is 10.1 Å². The third-order valence-corrected chi connectivity index (χ3v) is 5.21. The molecule has 0 bridgehead atoms. The maximum absolute atomic E-state index is 12.4. The van der Waals surface area contributed by atoms with Gasteiger partial charge in [0.2, 0.25) is 0 Å². The van der Waals surface area contributed by atoms with Gasteiger partial charge in [-0.1, -0.05) is 34.1 Å². The first-order chi connectivity index (χ1) is 10.2. The zero-order chi connectivity index (χ0) is 14.4. The largest absolute Gasteiger partial charge is 0.484 e. The Hall–Kier alpha value is -1.65. The number of rotatable bonds is 1. The lowest BCUT2D eigenvalue weighted by molar-refractivity contribution is 0.0852. The van der Waals surface area contributed by atoms with Crippen LogP contribution in [0.4, 0.5) is 0 Å². The molecule has 2 nitrogen and oxygen atoms in total. The van der Waals surface area contributed by atoms with Crippen LogP contribution in [0.5, 0.6) is 5.75 Å². The predicted molar refractivity (Wildman–Crippen MR) is 88.3 cm³/mol. The van der Waals surface area contributed by atoms with E-state index < -0.39 is 0 Å². The standard InChI is InChI=1S/C17H11BrO2S/c18-10-5-6-15-12(7-10)14(19)8-16(20-15)13-9-21-17-4-2-1-3-11(13)17/h1-7,9,16H,8H2. The molecule has 4 rings (SSSR count). The van der Waals surface area contributed by atoms with Crippen LogP contribution in [0.2, 0.25) is 0 Å². The second kappa shape index (κ2) is 4.97. The second-order valence-corrected chi connectivity index (χ2v) is 6.89. The van der Waals surface area contributed by atoms with Gasteiger partial charge in [-0.2, -0.15) is 0 Å². The molecule has 0 fully saturated rings. The van der Waals surface area contributed by atoms with Crippen molar-refractivity contribution in [3.63, 3.8) is 0 Å². The first-order valence-electron chi connectivity index (χ1n) is 6.68. The van der Waals surface area contributed by atoms with Crippen molar-refractivity contribution in [2.45, 2.75) is 12.5 Å². The Labute approximate surface area is 134 Å². The van der Waals surface area contributed by atoms with Gasteiger partial charge in [0.05, 0.1) is 12.0 Å². The van der Waals surface area contributed by atoms with Gasteiger partial charge in [0.1, 0.15) is 11.9 Å². The highest BCUT2D eigenvalue weighted by atomic mass is 79.9. The first kappa shape index (κ1) is 13.0. The van der Waals surface area contributed by atoms with Crippen LogP contribution in [0.3, 0.4) is 0 Å². The van der Waals surface area contributed by atoms with Crippen molar-refractivity contribution in [3.8, 4) is 5.75 Å². The van der Waals surface area contributed by atoms with Crippen LogP contribution < -0.4 is 4.74 Å². The van der Waals surface area contributed by atoms with Crippen molar-refractivity contribution in [1.29, 1.82) is 0 Å². The lowest BCUT2D eigenvalue weighted by atomic mass is 9.96. The van der Waals surface area contributed by atoms with Crippen LogP contribution in [-0.4, -0.2) is 5.78 Å². The van der Waals surface area contributed by atoms with Gasteiger partial charge in [0.15, 0.2) is 5.78 Å². The molecule has 0 aliphatic carbocycles. The summed E-state index contributed by atoms with van der Waals surface area (Å²) in [5.74, 6) is 0.813. The summed E-state index contributed by atoms with van der Waals surface area (Å²) >= 11 is 5.09. The predicted octanol–water partition coefficient (Wildman–Crippen LogP) is 5.37. The summed E-state index contributed by atoms with van der Waals surface area (Å²) in [6, 6.07) is 13.8. The van der Waals surface area contributed by atoms with Crippen molar-refractivity contribution >= 4 is 43.1 Å². The average Bonchev–Trinajstić information content (AvgIpc) is 2.92. The fourth-order valence-electron chi connectivity index (χ4n) is 2.72. The highest BCUT2D eigenvalue weighted by molar-refractivity contribution is 9.10. The van der Waals surface area contributed by atoms with Gasteiger partial charge < -0.3 is 4.74 Å². The number of carbonyl (C=O) groups excluding carboxylic acids is 1. The highest BCUT2D eigenvalue weighted by Crippen LogP contribution is 2.40. The van der Waals surface area contributed by atoms with Crippen molar-refractivity contribution in [2.24, 2.45) is 0 Å². The molecule has 0 saturated heterocycles. The van der Waals surface area contributed by atoms with Gasteiger partial charge >= 0.3 is 0 Å². The van der Waals surface area contributed by atoms with Gasteiger partial charge in [-0.15, -0.1) is 11.3 Å². The summed E-state index contributed by atoms with van der Waals surface area (Å²) < 4.78 is 8.20. The van der Waals surface area contributed by atoms with E-state index in [4.69, 9.17) is 4.74 Å². The Kier molecular flexibility index (Phi) is 3.08.